The number of Topliss-reactive ketones (excluding diaryl/α,β-unsaturated/α-hetero) is 1. The SMILES string of the molecule is COC(=O)/C=C1\C(=O)C(c2ccccc2)=C(NS(=O)(=O)c2ccc3ccccc3c2)N1c1ccccc1. The monoisotopic (exact) mass is 510 g/mol. The molecule has 37 heavy (non-hydrogen) atoms. The molecule has 0 bridgehead atoms. The summed E-state index contributed by atoms with van der Waals surface area (Å²) in [7, 11) is -2.93. The number of esters is 1. The zero-order chi connectivity index (χ0) is 26.0. The van der Waals surface area contributed by atoms with Gasteiger partial charge in [0.15, 0.2) is 0 Å². The van der Waals surface area contributed by atoms with Crippen LogP contribution in [0.15, 0.2) is 126 Å². The fraction of sp³-hybridized carbons (Fsp3) is 0.0345. The number of ketones is 1. The molecular formula is C29H22N2O5S. The molecule has 0 radical (unpaired) electrons. The molecule has 4 aromatic rings. The standard InChI is InChI=1S/C29H22N2O5S/c1-36-26(32)19-25-28(33)27(21-11-4-2-5-12-21)29(31(25)23-14-6-3-7-15-23)30-37(34,35)24-17-16-20-10-8-9-13-22(20)18-24/h2-19,30H,1H3/b25-19+. The number of sulfonamides is 1. The number of ether oxygens (including phenoxy) is 1. The minimum Gasteiger partial charge on any atom is -0.466 e. The minimum absolute atomic E-state index is 0.0192. The number of methoxy groups -OCH3 is 1. The number of allylic oxidation sites excluding steroid dienone is 1. The number of nitrogens with one attached hydrogen (secondary N) is 1. The van der Waals surface area contributed by atoms with Crippen LogP contribution in [0.1, 0.15) is 5.56 Å². The summed E-state index contributed by atoms with van der Waals surface area (Å²) in [6.07, 6.45) is 1.07. The molecular weight excluding hydrogens is 488 g/mol. The number of carbonyl (C=O) groups excluding carboxylic acids is 2. The van der Waals surface area contributed by atoms with Crippen molar-refractivity contribution in [2.75, 3.05) is 12.0 Å². The van der Waals surface area contributed by atoms with Crippen LogP contribution < -0.4 is 9.62 Å². The van der Waals surface area contributed by atoms with Crippen LogP contribution in [0.4, 0.5) is 5.69 Å². The molecule has 0 saturated carbocycles. The van der Waals surface area contributed by atoms with E-state index < -0.39 is 21.8 Å². The average molecular weight is 511 g/mol. The van der Waals surface area contributed by atoms with Crippen LogP contribution in [0.3, 0.4) is 0 Å². The number of hydrogen-bond acceptors (Lipinski definition) is 6. The number of fused-ring (bicyclic) bond motifs is 1. The summed E-state index contributed by atoms with van der Waals surface area (Å²) in [4.78, 5) is 27.4. The largest absolute Gasteiger partial charge is 0.466 e. The van der Waals surface area contributed by atoms with Gasteiger partial charge in [0.25, 0.3) is 10.0 Å². The van der Waals surface area contributed by atoms with Crippen LogP contribution in [-0.2, 0) is 24.3 Å². The zero-order valence-electron chi connectivity index (χ0n) is 19.8. The van der Waals surface area contributed by atoms with Crippen LogP contribution >= 0.6 is 0 Å². The highest BCUT2D eigenvalue weighted by Gasteiger charge is 2.39. The van der Waals surface area contributed by atoms with E-state index in [-0.39, 0.29) is 22.0 Å². The van der Waals surface area contributed by atoms with Gasteiger partial charge in [-0.2, -0.15) is 0 Å². The summed E-state index contributed by atoms with van der Waals surface area (Å²) in [5, 5.41) is 1.66. The Balaban J connectivity index is 1.71. The third-order valence-corrected chi connectivity index (χ3v) is 7.29. The lowest BCUT2D eigenvalue weighted by atomic mass is 10.0. The van der Waals surface area contributed by atoms with E-state index in [0.717, 1.165) is 16.8 Å². The van der Waals surface area contributed by atoms with Gasteiger partial charge in [0.1, 0.15) is 11.5 Å². The molecule has 0 spiro atoms. The van der Waals surface area contributed by atoms with Gasteiger partial charge < -0.3 is 4.74 Å². The Labute approximate surface area is 214 Å². The second-order valence-corrected chi connectivity index (χ2v) is 9.94. The average Bonchev–Trinajstić information content (AvgIpc) is 3.18. The van der Waals surface area contributed by atoms with E-state index in [9.17, 15) is 18.0 Å². The molecule has 0 atom stereocenters. The Morgan fingerprint density at radius 1 is 0.838 bits per heavy atom. The molecule has 7 nitrogen and oxygen atoms in total. The van der Waals surface area contributed by atoms with Crippen LogP contribution in [-0.4, -0.2) is 27.3 Å². The van der Waals surface area contributed by atoms with Gasteiger partial charge in [-0.25, -0.2) is 13.2 Å². The number of anilines is 1. The Morgan fingerprint density at radius 2 is 1.46 bits per heavy atom. The molecule has 1 N–H and O–H groups in total. The Hall–Kier alpha value is -4.69. The van der Waals surface area contributed by atoms with Crippen molar-refractivity contribution in [1.29, 1.82) is 0 Å². The van der Waals surface area contributed by atoms with Crippen LogP contribution in [0.25, 0.3) is 16.3 Å². The van der Waals surface area contributed by atoms with Crippen molar-refractivity contribution in [2.24, 2.45) is 0 Å². The molecule has 8 heteroatoms. The first-order chi connectivity index (χ1) is 17.9. The summed E-state index contributed by atoms with van der Waals surface area (Å²) in [6.45, 7) is 0. The molecule has 184 valence electrons. The smallest absolute Gasteiger partial charge is 0.332 e. The van der Waals surface area contributed by atoms with Gasteiger partial charge in [-0.15, -0.1) is 0 Å². The Morgan fingerprint density at radius 3 is 2.14 bits per heavy atom. The molecule has 1 heterocycles. The second kappa shape index (κ2) is 9.75. The molecule has 0 amide bonds. The zero-order valence-corrected chi connectivity index (χ0v) is 20.6. The third-order valence-electron chi connectivity index (χ3n) is 5.96. The summed E-state index contributed by atoms with van der Waals surface area (Å²) in [6, 6.07) is 29.7. The fourth-order valence-electron chi connectivity index (χ4n) is 4.21. The predicted molar refractivity (Wildman–Crippen MR) is 142 cm³/mol. The lowest BCUT2D eigenvalue weighted by Gasteiger charge is -2.24. The summed E-state index contributed by atoms with van der Waals surface area (Å²) in [5.41, 5.74) is 1.07. The second-order valence-electron chi connectivity index (χ2n) is 8.26. The first kappa shape index (κ1) is 24.0. The van der Waals surface area contributed by atoms with Crippen molar-refractivity contribution < 1.29 is 22.7 Å². The molecule has 0 aliphatic carbocycles. The van der Waals surface area contributed by atoms with Crippen molar-refractivity contribution in [2.45, 2.75) is 4.90 Å². The fourth-order valence-corrected chi connectivity index (χ4v) is 5.30. The maximum Gasteiger partial charge on any atom is 0.332 e. The normalized spacial score (nSPS) is 14.9. The summed E-state index contributed by atoms with van der Waals surface area (Å²) in [5.74, 6) is -1.24. The van der Waals surface area contributed by atoms with Gasteiger partial charge in [-0.1, -0.05) is 78.9 Å². The van der Waals surface area contributed by atoms with Crippen molar-refractivity contribution in [3.05, 3.63) is 126 Å². The number of para-hydroxylation sites is 1. The topological polar surface area (TPSA) is 92.8 Å². The summed E-state index contributed by atoms with van der Waals surface area (Å²) < 4.78 is 34.8. The highest BCUT2D eigenvalue weighted by molar-refractivity contribution is 7.89. The predicted octanol–water partition coefficient (Wildman–Crippen LogP) is 4.63. The molecule has 0 saturated heterocycles. The molecule has 4 aromatic carbocycles. The number of nitrogens with zero attached hydrogens (tertiary/aromatic N) is 1. The van der Waals surface area contributed by atoms with E-state index >= 15 is 0 Å². The van der Waals surface area contributed by atoms with Gasteiger partial charge in [-0.3, -0.25) is 14.4 Å². The Bertz CT molecular complexity index is 1680. The minimum atomic E-state index is -4.14. The number of carbonyl (C=O) groups is 2. The maximum absolute atomic E-state index is 13.7. The first-order valence-electron chi connectivity index (χ1n) is 11.4. The van der Waals surface area contributed by atoms with Gasteiger partial charge in [0.05, 0.1) is 23.7 Å². The van der Waals surface area contributed by atoms with Gasteiger partial charge >= 0.3 is 5.97 Å². The lowest BCUT2D eigenvalue weighted by molar-refractivity contribution is -0.135. The van der Waals surface area contributed by atoms with E-state index in [1.54, 1.807) is 72.8 Å². The molecule has 1 aliphatic heterocycles. The summed E-state index contributed by atoms with van der Waals surface area (Å²) >= 11 is 0. The van der Waals surface area contributed by atoms with Gasteiger partial charge in [-0.05, 0) is 40.6 Å². The van der Waals surface area contributed by atoms with Crippen molar-refractivity contribution in [3.8, 4) is 0 Å². The van der Waals surface area contributed by atoms with E-state index in [0.29, 0.717) is 11.3 Å². The van der Waals surface area contributed by atoms with Gasteiger partial charge in [0.2, 0.25) is 5.78 Å². The number of hydrogen-bond donors (Lipinski definition) is 1. The number of rotatable bonds is 6. The highest BCUT2D eigenvalue weighted by atomic mass is 32.2. The van der Waals surface area contributed by atoms with Crippen molar-refractivity contribution >= 4 is 43.8 Å². The molecule has 0 unspecified atom stereocenters. The molecule has 0 fully saturated rings. The number of benzene rings is 4. The van der Waals surface area contributed by atoms with Crippen LogP contribution in [0.5, 0.6) is 0 Å². The van der Waals surface area contributed by atoms with E-state index in [1.165, 1.54) is 18.1 Å². The van der Waals surface area contributed by atoms with Crippen molar-refractivity contribution in [3.63, 3.8) is 0 Å². The maximum atomic E-state index is 13.7. The van der Waals surface area contributed by atoms with E-state index in [2.05, 4.69) is 4.72 Å². The van der Waals surface area contributed by atoms with Crippen molar-refractivity contribution in [1.82, 2.24) is 4.72 Å². The van der Waals surface area contributed by atoms with E-state index in [1.807, 2.05) is 24.3 Å². The quantitative estimate of drug-likeness (QED) is 0.300. The molecule has 5 rings (SSSR count). The molecule has 1 aliphatic rings. The highest BCUT2D eigenvalue weighted by Crippen LogP contribution is 2.38. The first-order valence-corrected chi connectivity index (χ1v) is 12.9. The van der Waals surface area contributed by atoms with Crippen LogP contribution in [0, 0.1) is 0 Å². The molecule has 0 aromatic heterocycles. The lowest BCUT2D eigenvalue weighted by Crippen LogP contribution is -2.33. The van der Waals surface area contributed by atoms with Gasteiger partial charge in [0, 0.05) is 5.69 Å². The van der Waals surface area contributed by atoms with E-state index in [4.69, 9.17) is 4.74 Å². The Kier molecular flexibility index (Phi) is 6.33. The third kappa shape index (κ3) is 4.62. The van der Waals surface area contributed by atoms with Crippen LogP contribution in [0.2, 0.25) is 0 Å².